The van der Waals surface area contributed by atoms with Gasteiger partial charge in [0.2, 0.25) is 0 Å². The van der Waals surface area contributed by atoms with Crippen molar-refractivity contribution < 1.29 is 9.59 Å². The zero-order valence-electron chi connectivity index (χ0n) is 14.3. The summed E-state index contributed by atoms with van der Waals surface area (Å²) >= 11 is 1.43. The first-order valence-electron chi connectivity index (χ1n) is 8.51. The minimum Gasteiger partial charge on any atom is -0.268 e. The van der Waals surface area contributed by atoms with E-state index >= 15 is 0 Å². The number of carbonyl (C=O) groups excluding carboxylic acids is 2. The van der Waals surface area contributed by atoms with Crippen molar-refractivity contribution in [2.75, 3.05) is 10.7 Å². The molecule has 1 aliphatic heterocycles. The van der Waals surface area contributed by atoms with Crippen molar-refractivity contribution in [3.63, 3.8) is 0 Å². The number of hydrogen-bond donors (Lipinski definition) is 0. The van der Waals surface area contributed by atoms with Crippen LogP contribution in [0, 0.1) is 0 Å². The van der Waals surface area contributed by atoms with Crippen LogP contribution in [0.15, 0.2) is 77.7 Å². The third kappa shape index (κ3) is 2.63. The fourth-order valence-electron chi connectivity index (χ4n) is 3.27. The lowest BCUT2D eigenvalue weighted by molar-refractivity contribution is -0.119. The SMILES string of the molecule is CCSC1=C(c2ccccc2)C(=O)N(c2cccc3ccccc23)C1=O. The van der Waals surface area contributed by atoms with Gasteiger partial charge in [0.25, 0.3) is 11.8 Å². The molecule has 0 unspecified atom stereocenters. The highest BCUT2D eigenvalue weighted by Crippen LogP contribution is 2.40. The second-order valence-electron chi connectivity index (χ2n) is 5.95. The Morgan fingerprint density at radius 1 is 0.808 bits per heavy atom. The Bertz CT molecular complexity index is 1030. The molecule has 0 aromatic heterocycles. The van der Waals surface area contributed by atoms with Gasteiger partial charge in [0.1, 0.15) is 0 Å². The lowest BCUT2D eigenvalue weighted by atomic mass is 10.1. The van der Waals surface area contributed by atoms with Crippen LogP contribution in [0.1, 0.15) is 12.5 Å². The van der Waals surface area contributed by atoms with Crippen LogP contribution in [-0.2, 0) is 9.59 Å². The van der Waals surface area contributed by atoms with Gasteiger partial charge in [-0.15, -0.1) is 11.8 Å². The molecule has 0 bridgehead atoms. The topological polar surface area (TPSA) is 37.4 Å². The standard InChI is InChI=1S/C22H17NO2S/c1-2-26-20-19(16-10-4-3-5-11-16)21(24)23(22(20)25)18-14-8-12-15-9-6-7-13-17(15)18/h3-14H,2H2,1H3. The van der Waals surface area contributed by atoms with Crippen LogP contribution >= 0.6 is 11.8 Å². The number of rotatable bonds is 4. The van der Waals surface area contributed by atoms with E-state index in [4.69, 9.17) is 0 Å². The molecule has 128 valence electrons. The van der Waals surface area contributed by atoms with Crippen LogP contribution in [0.5, 0.6) is 0 Å². The number of thioether (sulfide) groups is 1. The Morgan fingerprint density at radius 2 is 1.50 bits per heavy atom. The summed E-state index contributed by atoms with van der Waals surface area (Å²) in [4.78, 5) is 28.3. The van der Waals surface area contributed by atoms with E-state index in [1.54, 1.807) is 0 Å². The van der Waals surface area contributed by atoms with Crippen molar-refractivity contribution in [2.24, 2.45) is 0 Å². The molecule has 3 aromatic carbocycles. The van der Waals surface area contributed by atoms with Crippen molar-refractivity contribution in [1.29, 1.82) is 0 Å². The van der Waals surface area contributed by atoms with E-state index in [-0.39, 0.29) is 11.8 Å². The predicted octanol–water partition coefficient (Wildman–Crippen LogP) is 4.88. The summed E-state index contributed by atoms with van der Waals surface area (Å²) in [6.45, 7) is 1.98. The smallest absolute Gasteiger partial charge is 0.268 e. The van der Waals surface area contributed by atoms with Gasteiger partial charge in [0.05, 0.1) is 16.2 Å². The largest absolute Gasteiger partial charge is 0.272 e. The van der Waals surface area contributed by atoms with E-state index in [0.29, 0.717) is 16.2 Å². The van der Waals surface area contributed by atoms with Crippen molar-refractivity contribution in [1.82, 2.24) is 0 Å². The molecule has 3 nitrogen and oxygen atoms in total. The number of benzene rings is 3. The van der Waals surface area contributed by atoms with Gasteiger partial charge in [-0.2, -0.15) is 0 Å². The number of amides is 2. The summed E-state index contributed by atoms with van der Waals surface area (Å²) in [6, 6.07) is 22.9. The van der Waals surface area contributed by atoms with Crippen molar-refractivity contribution in [3.8, 4) is 0 Å². The minimum atomic E-state index is -0.256. The Morgan fingerprint density at radius 3 is 2.27 bits per heavy atom. The van der Waals surface area contributed by atoms with Gasteiger partial charge in [0, 0.05) is 5.39 Å². The summed E-state index contributed by atoms with van der Waals surface area (Å²) in [6.07, 6.45) is 0. The third-order valence-corrected chi connectivity index (χ3v) is 5.36. The van der Waals surface area contributed by atoms with E-state index in [1.165, 1.54) is 16.7 Å². The Balaban J connectivity index is 1.88. The van der Waals surface area contributed by atoms with Crippen LogP contribution in [0.25, 0.3) is 16.3 Å². The monoisotopic (exact) mass is 359 g/mol. The Labute approximate surface area is 156 Å². The molecule has 0 radical (unpaired) electrons. The van der Waals surface area contributed by atoms with Gasteiger partial charge in [-0.3, -0.25) is 9.59 Å². The molecule has 0 fully saturated rings. The molecule has 0 atom stereocenters. The molecule has 0 saturated heterocycles. The molecule has 1 heterocycles. The first-order chi connectivity index (χ1) is 12.7. The van der Waals surface area contributed by atoms with Crippen molar-refractivity contribution in [2.45, 2.75) is 6.92 Å². The fraction of sp³-hybridized carbons (Fsp3) is 0.0909. The fourth-order valence-corrected chi connectivity index (χ4v) is 4.12. The third-order valence-electron chi connectivity index (χ3n) is 4.40. The highest BCUT2D eigenvalue weighted by molar-refractivity contribution is 8.04. The quantitative estimate of drug-likeness (QED) is 0.623. The van der Waals surface area contributed by atoms with E-state index in [2.05, 4.69) is 0 Å². The molecular weight excluding hydrogens is 342 g/mol. The van der Waals surface area contributed by atoms with Crippen LogP contribution in [0.2, 0.25) is 0 Å². The normalized spacial score (nSPS) is 14.6. The van der Waals surface area contributed by atoms with E-state index < -0.39 is 0 Å². The maximum Gasteiger partial charge on any atom is 0.272 e. The summed E-state index contributed by atoms with van der Waals surface area (Å²) in [5, 5.41) is 1.90. The second-order valence-corrected chi connectivity index (χ2v) is 7.22. The number of anilines is 1. The molecule has 2 amide bonds. The van der Waals surface area contributed by atoms with E-state index in [9.17, 15) is 9.59 Å². The highest BCUT2D eigenvalue weighted by Gasteiger charge is 2.40. The molecular formula is C22H17NO2S. The number of nitrogens with zero attached hydrogens (tertiary/aromatic N) is 1. The first kappa shape index (κ1) is 16.6. The summed E-state index contributed by atoms with van der Waals surface area (Å²) in [5.41, 5.74) is 1.91. The summed E-state index contributed by atoms with van der Waals surface area (Å²) in [5.74, 6) is 0.235. The average molecular weight is 359 g/mol. The zero-order valence-corrected chi connectivity index (χ0v) is 15.1. The molecule has 0 aliphatic carbocycles. The van der Waals surface area contributed by atoms with Gasteiger partial charge in [-0.25, -0.2) is 4.90 Å². The van der Waals surface area contributed by atoms with E-state index in [1.807, 2.05) is 79.7 Å². The number of hydrogen-bond acceptors (Lipinski definition) is 3. The molecule has 4 rings (SSSR count). The maximum absolute atomic E-state index is 13.3. The number of carbonyl (C=O) groups is 2. The Kier molecular flexibility index (Phi) is 4.35. The summed E-state index contributed by atoms with van der Waals surface area (Å²) < 4.78 is 0. The van der Waals surface area contributed by atoms with E-state index in [0.717, 1.165) is 22.1 Å². The lowest BCUT2D eigenvalue weighted by Gasteiger charge is -2.17. The molecule has 0 N–H and O–H groups in total. The Hall–Kier alpha value is -2.85. The van der Waals surface area contributed by atoms with Crippen LogP contribution < -0.4 is 4.90 Å². The van der Waals surface area contributed by atoms with Gasteiger partial charge < -0.3 is 0 Å². The highest BCUT2D eigenvalue weighted by atomic mass is 32.2. The molecule has 26 heavy (non-hydrogen) atoms. The van der Waals surface area contributed by atoms with Gasteiger partial charge in [-0.05, 0) is 22.8 Å². The molecule has 3 aromatic rings. The van der Waals surface area contributed by atoms with Crippen molar-refractivity contribution >= 4 is 45.6 Å². The maximum atomic E-state index is 13.3. The van der Waals surface area contributed by atoms with Crippen molar-refractivity contribution in [3.05, 3.63) is 83.3 Å². The molecule has 0 saturated carbocycles. The van der Waals surface area contributed by atoms with Crippen LogP contribution in [-0.4, -0.2) is 17.6 Å². The van der Waals surface area contributed by atoms with Gasteiger partial charge in [-0.1, -0.05) is 73.7 Å². The molecule has 1 aliphatic rings. The van der Waals surface area contributed by atoms with Crippen LogP contribution in [0.4, 0.5) is 5.69 Å². The first-order valence-corrected chi connectivity index (χ1v) is 9.50. The molecule has 4 heteroatoms. The predicted molar refractivity (Wildman–Crippen MR) is 108 cm³/mol. The van der Waals surface area contributed by atoms with Gasteiger partial charge >= 0.3 is 0 Å². The minimum absolute atomic E-state index is 0.239. The second kappa shape index (κ2) is 6.81. The molecule has 0 spiro atoms. The van der Waals surface area contributed by atoms with Gasteiger partial charge in [0.15, 0.2) is 0 Å². The number of imide groups is 1. The zero-order chi connectivity index (χ0) is 18.1. The summed E-state index contributed by atoms with van der Waals surface area (Å²) in [7, 11) is 0. The average Bonchev–Trinajstić information content (AvgIpc) is 2.92. The number of fused-ring (bicyclic) bond motifs is 1. The lowest BCUT2D eigenvalue weighted by Crippen LogP contribution is -2.31. The van der Waals surface area contributed by atoms with Crippen LogP contribution in [0.3, 0.4) is 0 Å².